The van der Waals surface area contributed by atoms with E-state index in [1.807, 2.05) is 71.6 Å². The van der Waals surface area contributed by atoms with Crippen molar-refractivity contribution in [3.8, 4) is 11.1 Å². The highest BCUT2D eigenvalue weighted by atomic mass is 19.1. The molecule has 33 heavy (non-hydrogen) atoms. The molecule has 5 rings (SSSR count). The number of nitrogens with one attached hydrogen (secondary N) is 1. The maximum absolute atomic E-state index is 13.5. The molecule has 0 radical (unpaired) electrons. The van der Waals surface area contributed by atoms with Crippen LogP contribution in [0.3, 0.4) is 0 Å². The fraction of sp³-hybridized carbons (Fsp3) is 0.286. The number of carbonyl (C=O) groups is 2. The molecule has 2 amide bonds. The lowest BCUT2D eigenvalue weighted by molar-refractivity contribution is -0.127. The second-order valence-electron chi connectivity index (χ2n) is 9.15. The average Bonchev–Trinajstić information content (AvgIpc) is 2.85. The van der Waals surface area contributed by atoms with Crippen molar-refractivity contribution >= 4 is 11.8 Å². The summed E-state index contributed by atoms with van der Waals surface area (Å²) in [5, 5.41) is 2.99. The Bertz CT molecular complexity index is 1150. The quantitative estimate of drug-likeness (QED) is 0.619. The third-order valence-corrected chi connectivity index (χ3v) is 7.32. The van der Waals surface area contributed by atoms with Crippen LogP contribution < -0.4 is 5.32 Å². The number of rotatable bonds is 3. The molecule has 1 atom stereocenters. The van der Waals surface area contributed by atoms with Gasteiger partial charge in [-0.25, -0.2) is 4.39 Å². The summed E-state index contributed by atoms with van der Waals surface area (Å²) in [4.78, 5) is 27.8. The van der Waals surface area contributed by atoms with E-state index in [2.05, 4.69) is 5.32 Å². The molecule has 0 saturated carbocycles. The zero-order chi connectivity index (χ0) is 22.8. The van der Waals surface area contributed by atoms with Crippen LogP contribution in [0.5, 0.6) is 0 Å². The second kappa shape index (κ2) is 8.81. The van der Waals surface area contributed by atoms with E-state index >= 15 is 0 Å². The van der Waals surface area contributed by atoms with Crippen LogP contribution >= 0.6 is 0 Å². The van der Waals surface area contributed by atoms with Gasteiger partial charge in [0.05, 0.1) is 0 Å². The van der Waals surface area contributed by atoms with Gasteiger partial charge in [0, 0.05) is 37.5 Å². The molecule has 1 N–H and O–H groups in total. The van der Waals surface area contributed by atoms with Crippen molar-refractivity contribution in [2.45, 2.75) is 25.2 Å². The molecule has 1 spiro atoms. The van der Waals surface area contributed by atoms with Gasteiger partial charge >= 0.3 is 0 Å². The van der Waals surface area contributed by atoms with Gasteiger partial charge in [0.25, 0.3) is 5.91 Å². The molecule has 0 aliphatic carbocycles. The first-order chi connectivity index (χ1) is 16.1. The van der Waals surface area contributed by atoms with Crippen molar-refractivity contribution in [2.24, 2.45) is 5.41 Å². The number of hydrogen-bond acceptors (Lipinski definition) is 2. The van der Waals surface area contributed by atoms with Crippen LogP contribution in [-0.2, 0) is 4.79 Å². The Morgan fingerprint density at radius 2 is 1.58 bits per heavy atom. The van der Waals surface area contributed by atoms with Gasteiger partial charge in [0.1, 0.15) is 5.82 Å². The van der Waals surface area contributed by atoms with E-state index < -0.39 is 0 Å². The zero-order valence-corrected chi connectivity index (χ0v) is 18.5. The van der Waals surface area contributed by atoms with E-state index in [4.69, 9.17) is 0 Å². The molecule has 3 aromatic rings. The van der Waals surface area contributed by atoms with E-state index in [0.29, 0.717) is 31.6 Å². The van der Waals surface area contributed by atoms with E-state index in [1.54, 1.807) is 0 Å². The van der Waals surface area contributed by atoms with E-state index in [1.165, 1.54) is 12.1 Å². The Kier molecular flexibility index (Phi) is 5.71. The molecule has 0 unspecified atom stereocenters. The highest BCUT2D eigenvalue weighted by Gasteiger charge is 2.46. The van der Waals surface area contributed by atoms with Crippen molar-refractivity contribution in [3.05, 3.63) is 95.8 Å². The summed E-state index contributed by atoms with van der Waals surface area (Å²) >= 11 is 0. The lowest BCUT2D eigenvalue weighted by atomic mass is 9.62. The summed E-state index contributed by atoms with van der Waals surface area (Å²) in [6.07, 6.45) is 1.95. The SMILES string of the molecule is O=C1CC2(CCN(C(=O)c3ccccc3-c3ccccc3)CC2)[C@@H](c2ccc(F)cc2)CN1. The monoisotopic (exact) mass is 442 g/mol. The maximum atomic E-state index is 13.5. The van der Waals surface area contributed by atoms with Gasteiger partial charge in [0.15, 0.2) is 0 Å². The van der Waals surface area contributed by atoms with Crippen LogP contribution in [0.15, 0.2) is 78.9 Å². The Hall–Kier alpha value is -3.47. The maximum Gasteiger partial charge on any atom is 0.254 e. The van der Waals surface area contributed by atoms with Crippen molar-refractivity contribution in [1.82, 2.24) is 10.2 Å². The molecule has 0 bridgehead atoms. The number of hydrogen-bond donors (Lipinski definition) is 1. The third kappa shape index (κ3) is 4.15. The Labute approximate surface area is 193 Å². The van der Waals surface area contributed by atoms with Gasteiger partial charge < -0.3 is 10.2 Å². The summed E-state index contributed by atoms with van der Waals surface area (Å²) in [6.45, 7) is 1.76. The predicted octanol–water partition coefficient (Wildman–Crippen LogP) is 5.02. The Morgan fingerprint density at radius 3 is 2.30 bits per heavy atom. The van der Waals surface area contributed by atoms with E-state index in [0.717, 1.165) is 29.5 Å². The molecular formula is C28H27FN2O2. The number of nitrogens with zero attached hydrogens (tertiary/aromatic N) is 1. The first-order valence-corrected chi connectivity index (χ1v) is 11.5. The molecule has 2 fully saturated rings. The average molecular weight is 443 g/mol. The third-order valence-electron chi connectivity index (χ3n) is 7.32. The van der Waals surface area contributed by atoms with Gasteiger partial charge in [-0.3, -0.25) is 9.59 Å². The van der Waals surface area contributed by atoms with E-state index in [9.17, 15) is 14.0 Å². The fourth-order valence-electron chi connectivity index (χ4n) is 5.49. The fourth-order valence-corrected chi connectivity index (χ4v) is 5.49. The van der Waals surface area contributed by atoms with Crippen LogP contribution in [0.2, 0.25) is 0 Å². The molecule has 4 nitrogen and oxygen atoms in total. The normalized spacial score (nSPS) is 19.8. The smallest absolute Gasteiger partial charge is 0.254 e. The minimum absolute atomic E-state index is 0.0305. The van der Waals surface area contributed by atoms with Crippen molar-refractivity contribution in [1.29, 1.82) is 0 Å². The minimum Gasteiger partial charge on any atom is -0.355 e. The van der Waals surface area contributed by atoms with E-state index in [-0.39, 0.29) is 29.0 Å². The van der Waals surface area contributed by atoms with Crippen LogP contribution in [-0.4, -0.2) is 36.3 Å². The highest BCUT2D eigenvalue weighted by Crippen LogP contribution is 2.49. The Balaban J connectivity index is 1.38. The lowest BCUT2D eigenvalue weighted by Gasteiger charge is -2.49. The largest absolute Gasteiger partial charge is 0.355 e. The standard InChI is InChI=1S/C28H27FN2O2/c29-22-12-10-21(11-13-22)25-19-30-26(32)18-28(25)14-16-31(17-15-28)27(33)24-9-5-4-8-23(24)20-6-2-1-3-7-20/h1-13,25H,14-19H2,(H,30,32)/t25-/m1/s1. The number of carbonyl (C=O) groups excluding carboxylic acids is 2. The first-order valence-electron chi connectivity index (χ1n) is 11.5. The Morgan fingerprint density at radius 1 is 0.909 bits per heavy atom. The molecule has 3 aromatic carbocycles. The van der Waals surface area contributed by atoms with Crippen LogP contribution in [0, 0.1) is 11.2 Å². The second-order valence-corrected chi connectivity index (χ2v) is 9.15. The van der Waals surface area contributed by atoms with Gasteiger partial charge in [-0.1, -0.05) is 60.7 Å². The molecular weight excluding hydrogens is 415 g/mol. The van der Waals surface area contributed by atoms with Crippen LogP contribution in [0.1, 0.15) is 41.1 Å². The number of halogens is 1. The number of benzene rings is 3. The highest BCUT2D eigenvalue weighted by molar-refractivity contribution is 6.01. The van der Waals surface area contributed by atoms with Crippen molar-refractivity contribution < 1.29 is 14.0 Å². The molecule has 2 aliphatic heterocycles. The molecule has 2 saturated heterocycles. The van der Waals surface area contributed by atoms with Crippen molar-refractivity contribution in [3.63, 3.8) is 0 Å². The summed E-state index contributed by atoms with van der Waals surface area (Å²) < 4.78 is 13.5. The summed E-state index contributed by atoms with van der Waals surface area (Å²) in [7, 11) is 0. The minimum atomic E-state index is -0.259. The van der Waals surface area contributed by atoms with Gasteiger partial charge in [-0.2, -0.15) is 0 Å². The molecule has 5 heteroatoms. The number of likely N-dealkylation sites (tertiary alicyclic amines) is 1. The summed E-state index contributed by atoms with van der Waals surface area (Å²) in [6, 6.07) is 24.3. The molecule has 0 aromatic heterocycles. The number of piperidine rings is 2. The molecule has 168 valence electrons. The first kappa shape index (κ1) is 21.4. The van der Waals surface area contributed by atoms with Gasteiger partial charge in [-0.15, -0.1) is 0 Å². The zero-order valence-electron chi connectivity index (χ0n) is 18.5. The van der Waals surface area contributed by atoms with Gasteiger partial charge in [-0.05, 0) is 53.1 Å². The summed E-state index contributed by atoms with van der Waals surface area (Å²) in [5.41, 5.74) is 3.50. The van der Waals surface area contributed by atoms with Crippen LogP contribution in [0.4, 0.5) is 4.39 Å². The van der Waals surface area contributed by atoms with Crippen molar-refractivity contribution in [2.75, 3.05) is 19.6 Å². The summed E-state index contributed by atoms with van der Waals surface area (Å²) in [5.74, 6) is -0.0553. The van der Waals surface area contributed by atoms with Gasteiger partial charge in [0.2, 0.25) is 5.91 Å². The topological polar surface area (TPSA) is 49.4 Å². The predicted molar refractivity (Wildman–Crippen MR) is 126 cm³/mol. The van der Waals surface area contributed by atoms with Crippen LogP contribution in [0.25, 0.3) is 11.1 Å². The molecule has 2 heterocycles. The number of amides is 2. The lowest BCUT2D eigenvalue weighted by Crippen LogP contribution is -2.53. The molecule has 2 aliphatic rings.